The summed E-state index contributed by atoms with van der Waals surface area (Å²) in [6.45, 7) is 2.20. The molecule has 1 aliphatic heterocycles. The summed E-state index contributed by atoms with van der Waals surface area (Å²) in [6, 6.07) is 5.65. The van der Waals surface area contributed by atoms with E-state index >= 15 is 0 Å². The second-order valence-electron chi connectivity index (χ2n) is 3.88. The maximum Gasteiger partial charge on any atom is 0.338 e. The van der Waals surface area contributed by atoms with Gasteiger partial charge in [0.05, 0.1) is 17.9 Å². The highest BCUT2D eigenvalue weighted by Gasteiger charge is 2.18. The molecule has 0 aromatic heterocycles. The minimum atomic E-state index is -0.271. The predicted molar refractivity (Wildman–Crippen MR) is 66.1 cm³/mol. The van der Waals surface area contributed by atoms with Crippen molar-refractivity contribution in [3.05, 3.63) is 46.5 Å². The summed E-state index contributed by atoms with van der Waals surface area (Å²) < 4.78 is 5.07. The van der Waals surface area contributed by atoms with Crippen molar-refractivity contribution in [1.82, 2.24) is 0 Å². The van der Waals surface area contributed by atoms with Gasteiger partial charge in [0, 0.05) is 17.0 Å². The van der Waals surface area contributed by atoms with E-state index in [-0.39, 0.29) is 5.97 Å². The standard InChI is InChI=1S/C14H11NO2/c1-2-17-14(16)11-5-3-4-9-8-12-10(13(9)11)6-7-15-12/h3-8H,2H2,1H3. The quantitative estimate of drug-likeness (QED) is 0.697. The SMILES string of the molecule is CCOC(=O)c1cccc2c1=C1C=CN=C1C=2. The first kappa shape index (κ1) is 10.0. The molecule has 0 saturated carbocycles. The molecule has 3 rings (SSSR count). The molecule has 84 valence electrons. The molecular formula is C14H11NO2. The zero-order chi connectivity index (χ0) is 11.8. The average molecular weight is 225 g/mol. The summed E-state index contributed by atoms with van der Waals surface area (Å²) in [6.07, 6.45) is 5.68. The molecule has 0 spiro atoms. The summed E-state index contributed by atoms with van der Waals surface area (Å²) in [5.74, 6) is -0.271. The molecule has 0 amide bonds. The Morgan fingerprint density at radius 3 is 3.12 bits per heavy atom. The molecule has 1 heterocycles. The number of fused-ring (bicyclic) bond motifs is 2. The number of hydrogen-bond acceptors (Lipinski definition) is 3. The Balaban J connectivity index is 2.30. The van der Waals surface area contributed by atoms with Crippen LogP contribution in [0.1, 0.15) is 17.3 Å². The smallest absolute Gasteiger partial charge is 0.338 e. The Morgan fingerprint density at radius 1 is 1.41 bits per heavy atom. The number of carbonyl (C=O) groups is 1. The third-order valence-electron chi connectivity index (χ3n) is 2.88. The van der Waals surface area contributed by atoms with E-state index < -0.39 is 0 Å². The first-order chi connectivity index (χ1) is 8.31. The van der Waals surface area contributed by atoms with E-state index in [0.717, 1.165) is 21.7 Å². The van der Waals surface area contributed by atoms with E-state index in [9.17, 15) is 4.79 Å². The number of rotatable bonds is 2. The first-order valence-electron chi connectivity index (χ1n) is 5.58. The normalized spacial score (nSPS) is 15.1. The van der Waals surface area contributed by atoms with Gasteiger partial charge in [-0.1, -0.05) is 12.1 Å². The minimum absolute atomic E-state index is 0.271. The number of aliphatic imine (C=N–C) groups is 1. The maximum absolute atomic E-state index is 11.9. The van der Waals surface area contributed by atoms with Crippen LogP contribution >= 0.6 is 0 Å². The van der Waals surface area contributed by atoms with Gasteiger partial charge in [-0.25, -0.2) is 4.79 Å². The minimum Gasteiger partial charge on any atom is -0.462 e. The predicted octanol–water partition coefficient (Wildman–Crippen LogP) is 0.776. The largest absolute Gasteiger partial charge is 0.462 e. The van der Waals surface area contributed by atoms with E-state index in [1.54, 1.807) is 12.3 Å². The fraction of sp³-hybridized carbons (Fsp3) is 0.143. The van der Waals surface area contributed by atoms with Crippen molar-refractivity contribution in [2.75, 3.05) is 6.61 Å². The third-order valence-corrected chi connectivity index (χ3v) is 2.88. The van der Waals surface area contributed by atoms with Gasteiger partial charge in [0.15, 0.2) is 0 Å². The van der Waals surface area contributed by atoms with Crippen molar-refractivity contribution < 1.29 is 9.53 Å². The summed E-state index contributed by atoms with van der Waals surface area (Å²) >= 11 is 0. The molecule has 2 aliphatic rings. The van der Waals surface area contributed by atoms with Gasteiger partial charge < -0.3 is 4.74 Å². The molecule has 0 bridgehead atoms. The number of benzene rings is 1. The lowest BCUT2D eigenvalue weighted by Gasteiger charge is -2.02. The number of nitrogens with zero attached hydrogens (tertiary/aromatic N) is 1. The summed E-state index contributed by atoms with van der Waals surface area (Å²) in [7, 11) is 0. The maximum atomic E-state index is 11.9. The van der Waals surface area contributed by atoms with Gasteiger partial charge in [-0.05, 0) is 30.4 Å². The molecule has 0 radical (unpaired) electrons. The molecule has 0 fully saturated rings. The number of esters is 1. The molecule has 0 atom stereocenters. The van der Waals surface area contributed by atoms with Crippen LogP contribution in [0.15, 0.2) is 35.5 Å². The van der Waals surface area contributed by atoms with Crippen LogP contribution in [0.4, 0.5) is 0 Å². The molecule has 0 unspecified atom stereocenters. The fourth-order valence-corrected chi connectivity index (χ4v) is 2.19. The number of allylic oxidation sites excluding steroid dienone is 1. The Labute approximate surface area is 98.4 Å². The van der Waals surface area contributed by atoms with Crippen molar-refractivity contribution in [3.63, 3.8) is 0 Å². The highest BCUT2D eigenvalue weighted by atomic mass is 16.5. The van der Waals surface area contributed by atoms with E-state index in [2.05, 4.69) is 4.99 Å². The summed E-state index contributed by atoms with van der Waals surface area (Å²) in [5, 5.41) is 1.98. The van der Waals surface area contributed by atoms with Crippen molar-refractivity contribution in [3.8, 4) is 0 Å². The zero-order valence-corrected chi connectivity index (χ0v) is 9.43. The number of hydrogen-bond donors (Lipinski definition) is 0. The van der Waals surface area contributed by atoms with Gasteiger partial charge >= 0.3 is 5.97 Å². The third kappa shape index (κ3) is 1.43. The first-order valence-corrected chi connectivity index (χ1v) is 5.58. The van der Waals surface area contributed by atoms with E-state index in [1.165, 1.54) is 0 Å². The molecule has 3 nitrogen and oxygen atoms in total. The van der Waals surface area contributed by atoms with Gasteiger partial charge in [-0.15, -0.1) is 0 Å². The summed E-state index contributed by atoms with van der Waals surface area (Å²) in [4.78, 5) is 16.1. The van der Waals surface area contributed by atoms with Crippen LogP contribution in [0.5, 0.6) is 0 Å². The van der Waals surface area contributed by atoms with Crippen LogP contribution in [0, 0.1) is 0 Å². The van der Waals surface area contributed by atoms with Gasteiger partial charge in [-0.3, -0.25) is 4.99 Å². The molecule has 1 aromatic carbocycles. The fourth-order valence-electron chi connectivity index (χ4n) is 2.19. The number of ether oxygens (including phenoxy) is 1. The number of carbonyl (C=O) groups excluding carboxylic acids is 1. The molecule has 17 heavy (non-hydrogen) atoms. The molecule has 1 aliphatic carbocycles. The lowest BCUT2D eigenvalue weighted by atomic mass is 10.1. The lowest BCUT2D eigenvalue weighted by molar-refractivity contribution is 0.0525. The molecular weight excluding hydrogens is 214 g/mol. The highest BCUT2D eigenvalue weighted by molar-refractivity contribution is 6.39. The van der Waals surface area contributed by atoms with Gasteiger partial charge in [0.2, 0.25) is 0 Å². The monoisotopic (exact) mass is 225 g/mol. The van der Waals surface area contributed by atoms with Crippen molar-refractivity contribution in [1.29, 1.82) is 0 Å². The second-order valence-corrected chi connectivity index (χ2v) is 3.88. The van der Waals surface area contributed by atoms with Crippen LogP contribution in [0.2, 0.25) is 0 Å². The van der Waals surface area contributed by atoms with Crippen LogP contribution < -0.4 is 10.4 Å². The van der Waals surface area contributed by atoms with Crippen LogP contribution in [-0.2, 0) is 4.74 Å². The zero-order valence-electron chi connectivity index (χ0n) is 9.43. The topological polar surface area (TPSA) is 38.7 Å². The van der Waals surface area contributed by atoms with Crippen LogP contribution in [-0.4, -0.2) is 18.3 Å². The Bertz CT molecular complexity index is 681. The van der Waals surface area contributed by atoms with Gasteiger partial charge in [-0.2, -0.15) is 0 Å². The summed E-state index contributed by atoms with van der Waals surface area (Å²) in [5.41, 5.74) is 2.56. The van der Waals surface area contributed by atoms with E-state index in [4.69, 9.17) is 4.74 Å². The average Bonchev–Trinajstić information content (AvgIpc) is 2.88. The lowest BCUT2D eigenvalue weighted by Crippen LogP contribution is -2.30. The van der Waals surface area contributed by atoms with Gasteiger partial charge in [0.25, 0.3) is 0 Å². The Morgan fingerprint density at radius 2 is 2.29 bits per heavy atom. The van der Waals surface area contributed by atoms with Crippen molar-refractivity contribution in [2.45, 2.75) is 6.92 Å². The van der Waals surface area contributed by atoms with E-state index in [1.807, 2.05) is 31.2 Å². The molecule has 0 saturated heterocycles. The molecule has 1 aromatic rings. The second kappa shape index (κ2) is 3.70. The Hall–Kier alpha value is -2.16. The Kier molecular flexibility index (Phi) is 2.18. The van der Waals surface area contributed by atoms with E-state index in [0.29, 0.717) is 12.2 Å². The van der Waals surface area contributed by atoms with Crippen molar-refractivity contribution in [2.24, 2.45) is 4.99 Å². The molecule has 3 heteroatoms. The van der Waals surface area contributed by atoms with Crippen LogP contribution in [0.3, 0.4) is 0 Å². The van der Waals surface area contributed by atoms with Crippen LogP contribution in [0.25, 0.3) is 11.6 Å². The molecule has 0 N–H and O–H groups in total. The highest BCUT2D eigenvalue weighted by Crippen LogP contribution is 2.13. The van der Waals surface area contributed by atoms with Crippen molar-refractivity contribution >= 4 is 23.3 Å². The van der Waals surface area contributed by atoms with Gasteiger partial charge in [0.1, 0.15) is 0 Å².